The Bertz CT molecular complexity index is 1440. The van der Waals surface area contributed by atoms with Crippen molar-refractivity contribution in [3.8, 4) is 5.75 Å². The molecule has 0 radical (unpaired) electrons. The first-order valence-electron chi connectivity index (χ1n) is 11.6. The smallest absolute Gasteiger partial charge is 0.185 e. The summed E-state index contributed by atoms with van der Waals surface area (Å²) >= 11 is 6.27. The van der Waals surface area contributed by atoms with Crippen LogP contribution in [-0.4, -0.2) is 35.7 Å². The number of nitrogens with zero attached hydrogens (tertiary/aromatic N) is 4. The van der Waals surface area contributed by atoms with Crippen molar-refractivity contribution in [2.75, 3.05) is 0 Å². The van der Waals surface area contributed by atoms with E-state index in [9.17, 15) is 5.11 Å². The fourth-order valence-corrected chi connectivity index (χ4v) is 4.85. The van der Waals surface area contributed by atoms with Gasteiger partial charge in [0.1, 0.15) is 29.5 Å². The van der Waals surface area contributed by atoms with Gasteiger partial charge in [-0.05, 0) is 61.6 Å². The fourth-order valence-electron chi connectivity index (χ4n) is 4.66. The molecule has 1 atom stereocenters. The Balaban J connectivity index is 1.47. The van der Waals surface area contributed by atoms with Crippen LogP contribution in [-0.2, 0) is 29.6 Å². The molecular weight excluding hydrogens is 464 g/mol. The Morgan fingerprint density at radius 1 is 1.20 bits per heavy atom. The number of fused-ring (bicyclic) bond motifs is 1. The second kappa shape index (κ2) is 9.19. The molecule has 1 aliphatic carbocycles. The number of aromatic nitrogens is 6. The molecule has 2 aromatic heterocycles. The van der Waals surface area contributed by atoms with Gasteiger partial charge >= 0.3 is 0 Å². The van der Waals surface area contributed by atoms with E-state index in [2.05, 4.69) is 38.6 Å². The number of hydrogen-bond donors (Lipinski definition) is 3. The number of aryl methyl sites for hydroxylation is 2. The van der Waals surface area contributed by atoms with Gasteiger partial charge in [0.05, 0.1) is 10.9 Å². The number of tetrazole rings is 1. The van der Waals surface area contributed by atoms with Crippen molar-refractivity contribution < 1.29 is 9.84 Å². The molecule has 4 aromatic rings. The van der Waals surface area contributed by atoms with Gasteiger partial charge in [-0.2, -0.15) is 5.21 Å². The predicted molar refractivity (Wildman–Crippen MR) is 134 cm³/mol. The van der Waals surface area contributed by atoms with Gasteiger partial charge in [-0.25, -0.2) is 4.98 Å². The van der Waals surface area contributed by atoms with Gasteiger partial charge in [0.2, 0.25) is 0 Å². The summed E-state index contributed by atoms with van der Waals surface area (Å²) in [5.74, 6) is 2.43. The molecule has 5 rings (SSSR count). The lowest BCUT2D eigenvalue weighted by molar-refractivity contribution is 0.206. The van der Waals surface area contributed by atoms with Gasteiger partial charge in [-0.15, -0.1) is 10.2 Å². The number of benzene rings is 2. The normalized spacial score (nSPS) is 17.7. The number of imidazole rings is 1. The van der Waals surface area contributed by atoms with E-state index in [-0.39, 0.29) is 5.75 Å². The van der Waals surface area contributed by atoms with E-state index in [0.717, 1.165) is 45.8 Å². The Kier molecular flexibility index (Phi) is 6.06. The minimum atomic E-state index is -0.552. The minimum Gasteiger partial charge on any atom is -0.505 e. The van der Waals surface area contributed by atoms with Crippen LogP contribution in [0.2, 0.25) is 5.02 Å². The highest BCUT2D eigenvalue weighted by molar-refractivity contribution is 6.31. The number of halogens is 1. The van der Waals surface area contributed by atoms with E-state index in [1.54, 1.807) is 0 Å². The largest absolute Gasteiger partial charge is 0.505 e. The van der Waals surface area contributed by atoms with Gasteiger partial charge in [0.25, 0.3) is 0 Å². The topological polar surface area (TPSA) is 113 Å². The van der Waals surface area contributed by atoms with Crippen molar-refractivity contribution in [2.45, 2.75) is 52.1 Å². The molecule has 0 fully saturated rings. The third-order valence-electron chi connectivity index (χ3n) is 6.81. The predicted octanol–water partition coefficient (Wildman–Crippen LogP) is 5.16. The average Bonchev–Trinajstić information content (AvgIpc) is 3.57. The molecule has 2 heterocycles. The van der Waals surface area contributed by atoms with Crippen molar-refractivity contribution in [3.63, 3.8) is 0 Å². The molecule has 0 spiro atoms. The highest BCUT2D eigenvalue weighted by atomic mass is 35.5. The molecule has 0 bridgehead atoms. The van der Waals surface area contributed by atoms with Crippen LogP contribution in [0.4, 0.5) is 0 Å². The van der Waals surface area contributed by atoms with Crippen molar-refractivity contribution >= 4 is 22.6 Å². The lowest BCUT2D eigenvalue weighted by Crippen LogP contribution is -2.30. The molecule has 3 N–H and O–H groups in total. The first-order chi connectivity index (χ1) is 16.9. The Morgan fingerprint density at radius 3 is 2.71 bits per heavy atom. The van der Waals surface area contributed by atoms with Gasteiger partial charge in [-0.3, -0.25) is 0 Å². The SMILES string of the molecule is CCc1nc2c(C)c(CC3(c4nn[nH]n4)C=CC(OCc4ccccc4Cl)=CC3)c(C)c(O)c2[nH]1. The quantitative estimate of drug-likeness (QED) is 0.330. The van der Waals surface area contributed by atoms with Crippen LogP contribution in [0, 0.1) is 13.8 Å². The van der Waals surface area contributed by atoms with Crippen LogP contribution in [0.3, 0.4) is 0 Å². The van der Waals surface area contributed by atoms with E-state index < -0.39 is 5.41 Å². The molecule has 9 heteroatoms. The van der Waals surface area contributed by atoms with Gasteiger partial charge in [0.15, 0.2) is 5.82 Å². The van der Waals surface area contributed by atoms with E-state index in [4.69, 9.17) is 21.3 Å². The number of aromatic amines is 2. The fraction of sp³-hybridized carbons (Fsp3) is 0.308. The number of nitrogens with one attached hydrogen (secondary N) is 2. The molecule has 0 saturated carbocycles. The highest BCUT2D eigenvalue weighted by Gasteiger charge is 2.37. The van der Waals surface area contributed by atoms with Crippen LogP contribution in [0.1, 0.15) is 47.2 Å². The Morgan fingerprint density at radius 2 is 2.03 bits per heavy atom. The van der Waals surface area contributed by atoms with Crippen LogP contribution < -0.4 is 0 Å². The third-order valence-corrected chi connectivity index (χ3v) is 7.18. The van der Waals surface area contributed by atoms with Gasteiger partial charge in [-0.1, -0.05) is 48.0 Å². The number of allylic oxidation sites excluding steroid dienone is 3. The van der Waals surface area contributed by atoms with Crippen molar-refractivity contribution in [2.24, 2.45) is 0 Å². The minimum absolute atomic E-state index is 0.232. The molecule has 35 heavy (non-hydrogen) atoms. The summed E-state index contributed by atoms with van der Waals surface area (Å²) in [5.41, 5.74) is 4.73. The standard InChI is InChI=1S/C26H27ClN6O2/c1-4-21-28-22-15(2)19(16(3)24(34)23(22)29-21)13-26(25-30-32-33-31-25)11-9-18(10-12-26)35-14-17-7-5-6-8-20(17)27/h5-11,34H,4,12-14H2,1-3H3,(H,28,29)(H,30,31,32,33). The molecule has 180 valence electrons. The van der Waals surface area contributed by atoms with Crippen LogP contribution in [0.25, 0.3) is 11.0 Å². The molecule has 1 aliphatic rings. The molecule has 8 nitrogen and oxygen atoms in total. The summed E-state index contributed by atoms with van der Waals surface area (Å²) in [7, 11) is 0. The number of hydrogen-bond acceptors (Lipinski definition) is 6. The van der Waals surface area contributed by atoms with E-state index in [1.165, 1.54) is 0 Å². The monoisotopic (exact) mass is 490 g/mol. The zero-order valence-corrected chi connectivity index (χ0v) is 20.6. The molecular formula is C26H27ClN6O2. The lowest BCUT2D eigenvalue weighted by Gasteiger charge is -2.30. The average molecular weight is 491 g/mol. The van der Waals surface area contributed by atoms with Crippen molar-refractivity contribution in [1.29, 1.82) is 0 Å². The van der Waals surface area contributed by atoms with Crippen LogP contribution in [0.15, 0.2) is 48.3 Å². The lowest BCUT2D eigenvalue weighted by atomic mass is 9.74. The summed E-state index contributed by atoms with van der Waals surface area (Å²) in [6, 6.07) is 7.64. The van der Waals surface area contributed by atoms with E-state index in [1.807, 2.05) is 50.3 Å². The maximum absolute atomic E-state index is 11.0. The van der Waals surface area contributed by atoms with Gasteiger partial charge < -0.3 is 14.8 Å². The van der Waals surface area contributed by atoms with E-state index >= 15 is 0 Å². The number of H-pyrrole nitrogens is 2. The molecule has 0 aliphatic heterocycles. The van der Waals surface area contributed by atoms with Crippen molar-refractivity contribution in [1.82, 2.24) is 30.6 Å². The number of phenols is 1. The molecule has 0 saturated heterocycles. The summed E-state index contributed by atoms with van der Waals surface area (Å²) in [5, 5.41) is 26.7. The third kappa shape index (κ3) is 4.18. The number of aromatic hydroxyl groups is 1. The Hall–Kier alpha value is -3.65. The number of ether oxygens (including phenoxy) is 1. The van der Waals surface area contributed by atoms with E-state index in [0.29, 0.717) is 35.8 Å². The van der Waals surface area contributed by atoms with Crippen LogP contribution in [0.5, 0.6) is 5.75 Å². The molecule has 2 aromatic carbocycles. The van der Waals surface area contributed by atoms with Crippen LogP contribution >= 0.6 is 11.6 Å². The second-order valence-corrected chi connectivity index (χ2v) is 9.34. The molecule has 1 unspecified atom stereocenters. The molecule has 0 amide bonds. The number of phenolic OH excluding ortho intramolecular Hbond substituents is 1. The first kappa shape index (κ1) is 23.1. The van der Waals surface area contributed by atoms with Gasteiger partial charge in [0, 0.05) is 17.0 Å². The summed E-state index contributed by atoms with van der Waals surface area (Å²) in [6.07, 6.45) is 8.01. The summed E-state index contributed by atoms with van der Waals surface area (Å²) in [4.78, 5) is 7.97. The maximum Gasteiger partial charge on any atom is 0.185 e. The van der Waals surface area contributed by atoms with Crippen molar-refractivity contribution in [3.05, 3.63) is 87.2 Å². The highest BCUT2D eigenvalue weighted by Crippen LogP contribution is 2.41. The second-order valence-electron chi connectivity index (χ2n) is 8.93. The Labute approximate surface area is 208 Å². The number of rotatable bonds is 7. The first-order valence-corrected chi connectivity index (χ1v) is 12.0. The zero-order chi connectivity index (χ0) is 24.6. The summed E-state index contributed by atoms with van der Waals surface area (Å²) < 4.78 is 6.02. The maximum atomic E-state index is 11.0. The summed E-state index contributed by atoms with van der Waals surface area (Å²) in [6.45, 7) is 6.41. The zero-order valence-electron chi connectivity index (χ0n) is 19.9.